The number of fused-ring (bicyclic) bond motifs is 1. The molecule has 1 aromatic carbocycles. The molecule has 0 bridgehead atoms. The smallest absolute Gasteiger partial charge is 0.109 e. The maximum Gasteiger partial charge on any atom is 0.109 e. The first kappa shape index (κ1) is 12.1. The van der Waals surface area contributed by atoms with Crippen LogP contribution in [0.15, 0.2) is 18.2 Å². The normalized spacial score (nSPS) is 11.2. The Morgan fingerprint density at radius 3 is 2.94 bits per heavy atom. The predicted octanol–water partition coefficient (Wildman–Crippen LogP) is 1.61. The first-order chi connectivity index (χ1) is 8.26. The number of hydrogen-bond donors (Lipinski definition) is 1. The van der Waals surface area contributed by atoms with Crippen molar-refractivity contribution in [3.05, 3.63) is 29.6 Å². The molecule has 0 aliphatic rings. The van der Waals surface area contributed by atoms with Crippen LogP contribution in [0.3, 0.4) is 0 Å². The van der Waals surface area contributed by atoms with Gasteiger partial charge in [-0.1, -0.05) is 6.07 Å². The summed E-state index contributed by atoms with van der Waals surface area (Å²) in [7, 11) is 3.78. The standard InChI is InChI=1S/C13H19N3O/c1-16-12-8-10(9-14)5-6-11(12)15-13(16)4-3-7-17-2/h5-6,8H,3-4,7,9,14H2,1-2H3. The number of nitrogens with zero attached hydrogens (tertiary/aromatic N) is 2. The average molecular weight is 233 g/mol. The van der Waals surface area contributed by atoms with E-state index >= 15 is 0 Å². The van der Waals surface area contributed by atoms with E-state index < -0.39 is 0 Å². The van der Waals surface area contributed by atoms with Crippen molar-refractivity contribution in [2.24, 2.45) is 12.8 Å². The van der Waals surface area contributed by atoms with E-state index in [1.165, 1.54) is 0 Å². The molecule has 17 heavy (non-hydrogen) atoms. The van der Waals surface area contributed by atoms with Crippen molar-refractivity contribution in [1.29, 1.82) is 0 Å². The molecular formula is C13H19N3O. The van der Waals surface area contributed by atoms with E-state index in [0.29, 0.717) is 6.54 Å². The number of imidazole rings is 1. The van der Waals surface area contributed by atoms with Gasteiger partial charge >= 0.3 is 0 Å². The maximum atomic E-state index is 5.65. The molecule has 1 aromatic heterocycles. The largest absolute Gasteiger partial charge is 0.385 e. The van der Waals surface area contributed by atoms with Gasteiger partial charge in [-0.15, -0.1) is 0 Å². The molecule has 2 rings (SSSR count). The van der Waals surface area contributed by atoms with Crippen molar-refractivity contribution in [2.75, 3.05) is 13.7 Å². The van der Waals surface area contributed by atoms with Crippen LogP contribution >= 0.6 is 0 Å². The molecule has 0 radical (unpaired) electrons. The molecule has 0 unspecified atom stereocenters. The molecule has 4 nitrogen and oxygen atoms in total. The number of aromatic nitrogens is 2. The van der Waals surface area contributed by atoms with Crippen molar-refractivity contribution >= 4 is 11.0 Å². The second kappa shape index (κ2) is 5.29. The van der Waals surface area contributed by atoms with E-state index in [2.05, 4.69) is 22.7 Å². The Morgan fingerprint density at radius 2 is 2.24 bits per heavy atom. The monoisotopic (exact) mass is 233 g/mol. The Bertz CT molecular complexity index is 505. The van der Waals surface area contributed by atoms with Gasteiger partial charge in [-0.05, 0) is 24.1 Å². The van der Waals surface area contributed by atoms with Gasteiger partial charge in [0, 0.05) is 33.7 Å². The first-order valence-corrected chi connectivity index (χ1v) is 5.89. The fraction of sp³-hybridized carbons (Fsp3) is 0.462. The molecule has 0 amide bonds. The Morgan fingerprint density at radius 1 is 1.41 bits per heavy atom. The summed E-state index contributed by atoms with van der Waals surface area (Å²) in [4.78, 5) is 4.63. The zero-order valence-electron chi connectivity index (χ0n) is 10.4. The molecule has 0 aliphatic carbocycles. The van der Waals surface area contributed by atoms with E-state index in [1.807, 2.05) is 12.1 Å². The zero-order chi connectivity index (χ0) is 12.3. The zero-order valence-corrected chi connectivity index (χ0v) is 10.4. The Hall–Kier alpha value is -1.39. The Balaban J connectivity index is 2.29. The van der Waals surface area contributed by atoms with Crippen LogP contribution in [0.4, 0.5) is 0 Å². The Labute approximate surface area is 101 Å². The van der Waals surface area contributed by atoms with Gasteiger partial charge in [0.1, 0.15) is 5.82 Å². The van der Waals surface area contributed by atoms with Crippen LogP contribution < -0.4 is 5.73 Å². The number of nitrogens with two attached hydrogens (primary N) is 1. The van der Waals surface area contributed by atoms with Crippen LogP contribution in [0.2, 0.25) is 0 Å². The van der Waals surface area contributed by atoms with E-state index in [4.69, 9.17) is 10.5 Å². The molecule has 0 fully saturated rings. The van der Waals surface area contributed by atoms with Crippen molar-refractivity contribution in [3.8, 4) is 0 Å². The van der Waals surface area contributed by atoms with Crippen LogP contribution in [-0.2, 0) is 24.8 Å². The molecule has 0 atom stereocenters. The Kier molecular flexibility index (Phi) is 3.76. The third-order valence-electron chi connectivity index (χ3n) is 3.02. The van der Waals surface area contributed by atoms with Gasteiger partial charge in [-0.2, -0.15) is 0 Å². The highest BCUT2D eigenvalue weighted by Crippen LogP contribution is 2.17. The van der Waals surface area contributed by atoms with Crippen LogP contribution in [-0.4, -0.2) is 23.3 Å². The van der Waals surface area contributed by atoms with E-state index in [9.17, 15) is 0 Å². The molecule has 2 aromatic rings. The first-order valence-electron chi connectivity index (χ1n) is 5.89. The topological polar surface area (TPSA) is 53.1 Å². The molecule has 92 valence electrons. The number of methoxy groups -OCH3 is 1. The van der Waals surface area contributed by atoms with Crippen molar-refractivity contribution in [2.45, 2.75) is 19.4 Å². The third-order valence-corrected chi connectivity index (χ3v) is 3.02. The van der Waals surface area contributed by atoms with Crippen molar-refractivity contribution in [1.82, 2.24) is 9.55 Å². The summed E-state index contributed by atoms with van der Waals surface area (Å²) in [6, 6.07) is 6.19. The van der Waals surface area contributed by atoms with E-state index in [0.717, 1.165) is 41.9 Å². The van der Waals surface area contributed by atoms with E-state index in [1.54, 1.807) is 7.11 Å². The number of rotatable bonds is 5. The highest BCUT2D eigenvalue weighted by molar-refractivity contribution is 5.76. The van der Waals surface area contributed by atoms with E-state index in [-0.39, 0.29) is 0 Å². The summed E-state index contributed by atoms with van der Waals surface area (Å²) in [5.41, 5.74) is 8.98. The lowest BCUT2D eigenvalue weighted by molar-refractivity contribution is 0.194. The molecule has 1 heterocycles. The lowest BCUT2D eigenvalue weighted by atomic mass is 10.2. The minimum atomic E-state index is 0.570. The number of ether oxygens (including phenoxy) is 1. The van der Waals surface area contributed by atoms with Crippen molar-refractivity contribution < 1.29 is 4.74 Å². The highest BCUT2D eigenvalue weighted by Gasteiger charge is 2.07. The van der Waals surface area contributed by atoms with Gasteiger partial charge in [0.15, 0.2) is 0 Å². The lowest BCUT2D eigenvalue weighted by Crippen LogP contribution is -2.01. The SMILES string of the molecule is COCCCc1nc2ccc(CN)cc2n1C. The van der Waals surface area contributed by atoms with Gasteiger partial charge in [-0.25, -0.2) is 4.98 Å². The summed E-state index contributed by atoms with van der Waals surface area (Å²) >= 11 is 0. The molecular weight excluding hydrogens is 214 g/mol. The summed E-state index contributed by atoms with van der Waals surface area (Å²) in [5, 5.41) is 0. The molecule has 2 N–H and O–H groups in total. The fourth-order valence-electron chi connectivity index (χ4n) is 2.01. The van der Waals surface area contributed by atoms with Gasteiger partial charge in [0.2, 0.25) is 0 Å². The van der Waals surface area contributed by atoms with Gasteiger partial charge in [-0.3, -0.25) is 0 Å². The predicted molar refractivity (Wildman–Crippen MR) is 68.8 cm³/mol. The summed E-state index contributed by atoms with van der Waals surface area (Å²) in [6.45, 7) is 1.34. The van der Waals surface area contributed by atoms with Crippen LogP contribution in [0.5, 0.6) is 0 Å². The number of aryl methyl sites for hydroxylation is 2. The number of hydrogen-bond acceptors (Lipinski definition) is 3. The average Bonchev–Trinajstić information content (AvgIpc) is 2.66. The fourth-order valence-corrected chi connectivity index (χ4v) is 2.01. The van der Waals surface area contributed by atoms with Crippen LogP contribution in [0.1, 0.15) is 17.8 Å². The molecule has 0 spiro atoms. The molecule has 0 aliphatic heterocycles. The second-order valence-corrected chi connectivity index (χ2v) is 4.21. The summed E-state index contributed by atoms with van der Waals surface area (Å²) in [6.07, 6.45) is 1.94. The molecule has 0 saturated heterocycles. The third kappa shape index (κ3) is 2.48. The van der Waals surface area contributed by atoms with Crippen molar-refractivity contribution in [3.63, 3.8) is 0 Å². The molecule has 0 saturated carbocycles. The van der Waals surface area contributed by atoms with Gasteiger partial charge < -0.3 is 15.0 Å². The molecule has 4 heteroatoms. The van der Waals surface area contributed by atoms with Gasteiger partial charge in [0.05, 0.1) is 11.0 Å². The number of benzene rings is 1. The second-order valence-electron chi connectivity index (χ2n) is 4.21. The van der Waals surface area contributed by atoms with Crippen LogP contribution in [0, 0.1) is 0 Å². The maximum absolute atomic E-state index is 5.65. The van der Waals surface area contributed by atoms with Gasteiger partial charge in [0.25, 0.3) is 0 Å². The minimum absolute atomic E-state index is 0.570. The summed E-state index contributed by atoms with van der Waals surface area (Å²) < 4.78 is 7.20. The summed E-state index contributed by atoms with van der Waals surface area (Å²) in [5.74, 6) is 1.10. The highest BCUT2D eigenvalue weighted by atomic mass is 16.5. The quantitative estimate of drug-likeness (QED) is 0.798. The minimum Gasteiger partial charge on any atom is -0.385 e. The van der Waals surface area contributed by atoms with Crippen LogP contribution in [0.25, 0.3) is 11.0 Å². The lowest BCUT2D eigenvalue weighted by Gasteiger charge is -2.02.